The Morgan fingerprint density at radius 2 is 1.84 bits per heavy atom. The van der Waals surface area contributed by atoms with Gasteiger partial charge in [-0.05, 0) is 56.8 Å². The normalized spacial score (nSPS) is 25.3. The van der Waals surface area contributed by atoms with Gasteiger partial charge in [0.2, 0.25) is 15.9 Å². The molecular weight excluding hydrogens is 420 g/mol. The number of amides is 1. The molecule has 0 aromatic heterocycles. The number of carbonyl (C=O) groups is 2. The van der Waals surface area contributed by atoms with E-state index in [0.717, 1.165) is 44.9 Å². The Balaban J connectivity index is 1.68. The summed E-state index contributed by atoms with van der Waals surface area (Å²) in [5.74, 6) is -0.210. The van der Waals surface area contributed by atoms with Gasteiger partial charge in [0.25, 0.3) is 0 Å². The van der Waals surface area contributed by atoms with E-state index in [9.17, 15) is 18.0 Å². The molecule has 0 aliphatic carbocycles. The average Bonchev–Trinajstić information content (AvgIpc) is 3.31. The molecule has 2 saturated heterocycles. The average molecular weight is 459 g/mol. The minimum atomic E-state index is -3.40. The predicted octanol–water partition coefficient (Wildman–Crippen LogP) is 2.60. The summed E-state index contributed by atoms with van der Waals surface area (Å²) < 4.78 is 32.2. The van der Waals surface area contributed by atoms with E-state index in [1.807, 2.05) is 6.92 Å². The van der Waals surface area contributed by atoms with Crippen LogP contribution in [0.2, 0.25) is 0 Å². The molecule has 3 N–H and O–H groups in total. The van der Waals surface area contributed by atoms with Gasteiger partial charge >= 0.3 is 5.97 Å². The molecule has 2 fully saturated rings. The van der Waals surface area contributed by atoms with Crippen LogP contribution in [0, 0.1) is 11.8 Å². The zero-order valence-electron chi connectivity index (χ0n) is 18.6. The molecule has 0 aromatic carbocycles. The summed E-state index contributed by atoms with van der Waals surface area (Å²) in [5, 5.41) is 11.5. The number of carbonyl (C=O) groups excluding carboxylic acids is 1. The molecule has 4 atom stereocenters. The molecule has 0 saturated carbocycles. The van der Waals surface area contributed by atoms with Crippen molar-refractivity contribution < 1.29 is 27.9 Å². The van der Waals surface area contributed by atoms with Crippen molar-refractivity contribution >= 4 is 21.9 Å². The molecule has 2 rings (SSSR count). The second-order valence-corrected chi connectivity index (χ2v) is 10.5. The lowest BCUT2D eigenvalue weighted by molar-refractivity contribution is -0.137. The monoisotopic (exact) mass is 458 g/mol. The summed E-state index contributed by atoms with van der Waals surface area (Å²) in [6, 6.07) is 0. The highest BCUT2D eigenvalue weighted by Crippen LogP contribution is 2.46. The van der Waals surface area contributed by atoms with Crippen molar-refractivity contribution in [3.8, 4) is 0 Å². The molecule has 2 heterocycles. The number of fused-ring (bicyclic) bond motifs is 2. The standard InChI is InChI=1S/C22H38N2O6S/c1-2-3-8-15-31(28,29)24-16-21(25)23-14-13-18-17(19-11-12-20(18)30-19)9-6-4-5-7-10-22(26)27/h4,6,17-20,24H,2-3,5,7-16H2,1H3,(H,23,25)(H,26,27)/t17-,18+,19-,20+/m1/s1. The molecular formula is C22H38N2O6S. The lowest BCUT2D eigenvalue weighted by atomic mass is 9.76. The number of rotatable bonds is 16. The van der Waals surface area contributed by atoms with E-state index >= 15 is 0 Å². The molecule has 9 heteroatoms. The third-order valence-electron chi connectivity index (χ3n) is 6.20. The third-order valence-corrected chi connectivity index (χ3v) is 7.61. The number of hydrogen-bond acceptors (Lipinski definition) is 5. The smallest absolute Gasteiger partial charge is 0.303 e. The van der Waals surface area contributed by atoms with Crippen molar-refractivity contribution in [3.63, 3.8) is 0 Å². The van der Waals surface area contributed by atoms with Crippen LogP contribution in [0.15, 0.2) is 12.2 Å². The molecule has 2 aliphatic rings. The second kappa shape index (κ2) is 13.2. The highest BCUT2D eigenvalue weighted by Gasteiger charge is 2.47. The van der Waals surface area contributed by atoms with Crippen molar-refractivity contribution in [2.45, 2.75) is 83.3 Å². The highest BCUT2D eigenvalue weighted by molar-refractivity contribution is 7.89. The van der Waals surface area contributed by atoms with Gasteiger partial charge in [-0.1, -0.05) is 31.9 Å². The number of allylic oxidation sites excluding steroid dienone is 2. The van der Waals surface area contributed by atoms with E-state index < -0.39 is 16.0 Å². The summed E-state index contributed by atoms with van der Waals surface area (Å²) in [5.41, 5.74) is 0. The van der Waals surface area contributed by atoms with E-state index in [2.05, 4.69) is 22.2 Å². The van der Waals surface area contributed by atoms with Crippen LogP contribution in [0.5, 0.6) is 0 Å². The fraction of sp³-hybridized carbons (Fsp3) is 0.818. The molecule has 0 aromatic rings. The molecule has 8 nitrogen and oxygen atoms in total. The van der Waals surface area contributed by atoms with E-state index in [1.165, 1.54) is 0 Å². The summed E-state index contributed by atoms with van der Waals surface area (Å²) >= 11 is 0. The van der Waals surface area contributed by atoms with Gasteiger partial charge in [-0.25, -0.2) is 13.1 Å². The van der Waals surface area contributed by atoms with Crippen LogP contribution in [-0.2, 0) is 24.3 Å². The summed E-state index contributed by atoms with van der Waals surface area (Å²) in [7, 11) is -3.40. The summed E-state index contributed by atoms with van der Waals surface area (Å²) in [6.45, 7) is 2.30. The van der Waals surface area contributed by atoms with Crippen molar-refractivity contribution in [2.24, 2.45) is 11.8 Å². The van der Waals surface area contributed by atoms with Crippen LogP contribution in [0.25, 0.3) is 0 Å². The topological polar surface area (TPSA) is 122 Å². The van der Waals surface area contributed by atoms with E-state index in [0.29, 0.717) is 31.2 Å². The Kier molecular flexibility index (Phi) is 11.0. The van der Waals surface area contributed by atoms with Crippen LogP contribution in [-0.4, -0.2) is 56.5 Å². The van der Waals surface area contributed by atoms with E-state index in [4.69, 9.17) is 9.84 Å². The number of aliphatic carboxylic acids is 1. The fourth-order valence-electron chi connectivity index (χ4n) is 4.57. The molecule has 2 bridgehead atoms. The molecule has 178 valence electrons. The van der Waals surface area contributed by atoms with Crippen molar-refractivity contribution in [2.75, 3.05) is 18.8 Å². The first-order chi connectivity index (χ1) is 14.8. The Morgan fingerprint density at radius 3 is 2.55 bits per heavy atom. The molecule has 0 radical (unpaired) electrons. The van der Waals surface area contributed by atoms with Crippen molar-refractivity contribution in [1.29, 1.82) is 0 Å². The third kappa shape index (κ3) is 9.29. The second-order valence-electron chi connectivity index (χ2n) is 8.60. The first-order valence-corrected chi connectivity index (χ1v) is 13.2. The van der Waals surface area contributed by atoms with Gasteiger partial charge in [0.05, 0.1) is 24.5 Å². The Morgan fingerprint density at radius 1 is 1.10 bits per heavy atom. The molecule has 0 spiro atoms. The Labute approximate surface area is 186 Å². The number of carboxylic acid groups (broad SMARTS) is 1. The van der Waals surface area contributed by atoms with Crippen molar-refractivity contribution in [3.05, 3.63) is 12.2 Å². The maximum Gasteiger partial charge on any atom is 0.303 e. The lowest BCUT2D eigenvalue weighted by Crippen LogP contribution is -2.39. The van der Waals surface area contributed by atoms with Gasteiger partial charge in [0, 0.05) is 13.0 Å². The number of sulfonamides is 1. The van der Waals surface area contributed by atoms with Crippen LogP contribution in [0.3, 0.4) is 0 Å². The zero-order chi connectivity index (χ0) is 22.7. The SMILES string of the molecule is CCCCCS(=O)(=O)NCC(=O)NCC[C@H]1[C@@H](CC=CCCCC(=O)O)[C@H]2CC[C@@H]1O2. The molecule has 1 amide bonds. The first kappa shape index (κ1) is 25.8. The van der Waals surface area contributed by atoms with Crippen LogP contribution in [0.4, 0.5) is 0 Å². The highest BCUT2D eigenvalue weighted by atomic mass is 32.2. The van der Waals surface area contributed by atoms with Gasteiger partial charge < -0.3 is 15.2 Å². The quantitative estimate of drug-likeness (QED) is 0.241. The number of carboxylic acids is 1. The van der Waals surface area contributed by atoms with Crippen LogP contribution in [0.1, 0.15) is 71.1 Å². The van der Waals surface area contributed by atoms with Gasteiger partial charge in [-0.2, -0.15) is 0 Å². The maximum atomic E-state index is 12.0. The van der Waals surface area contributed by atoms with Crippen LogP contribution < -0.4 is 10.0 Å². The van der Waals surface area contributed by atoms with Gasteiger partial charge in [-0.15, -0.1) is 0 Å². The summed E-state index contributed by atoms with van der Waals surface area (Å²) in [4.78, 5) is 22.6. The number of nitrogens with one attached hydrogen (secondary N) is 2. The van der Waals surface area contributed by atoms with Crippen molar-refractivity contribution in [1.82, 2.24) is 10.0 Å². The number of ether oxygens (including phenoxy) is 1. The predicted molar refractivity (Wildman–Crippen MR) is 119 cm³/mol. The molecule has 31 heavy (non-hydrogen) atoms. The zero-order valence-corrected chi connectivity index (χ0v) is 19.4. The number of unbranched alkanes of at least 4 members (excludes halogenated alkanes) is 3. The first-order valence-electron chi connectivity index (χ1n) is 11.6. The minimum absolute atomic E-state index is 0.0576. The number of hydrogen-bond donors (Lipinski definition) is 3. The van der Waals surface area contributed by atoms with Gasteiger partial charge in [0.1, 0.15) is 0 Å². The Hall–Kier alpha value is -1.45. The molecule has 0 unspecified atom stereocenters. The van der Waals surface area contributed by atoms with E-state index in [1.54, 1.807) is 0 Å². The van der Waals surface area contributed by atoms with E-state index in [-0.39, 0.29) is 36.8 Å². The summed E-state index contributed by atoms with van der Waals surface area (Å²) in [6.07, 6.45) is 12.6. The van der Waals surface area contributed by atoms with Crippen LogP contribution >= 0.6 is 0 Å². The van der Waals surface area contributed by atoms with Gasteiger partial charge in [-0.3, -0.25) is 9.59 Å². The lowest BCUT2D eigenvalue weighted by Gasteiger charge is -2.27. The Bertz CT molecular complexity index is 709. The minimum Gasteiger partial charge on any atom is -0.481 e. The van der Waals surface area contributed by atoms with Gasteiger partial charge in [0.15, 0.2) is 0 Å². The molecule has 2 aliphatic heterocycles. The maximum absolute atomic E-state index is 12.0. The fourth-order valence-corrected chi connectivity index (χ4v) is 5.65. The largest absolute Gasteiger partial charge is 0.481 e.